The van der Waals surface area contributed by atoms with E-state index in [1.165, 1.54) is 0 Å². The predicted molar refractivity (Wildman–Crippen MR) is 78.2 cm³/mol. The second kappa shape index (κ2) is 5.61. The molecule has 0 unspecified atom stereocenters. The summed E-state index contributed by atoms with van der Waals surface area (Å²) >= 11 is 0. The highest BCUT2D eigenvalue weighted by molar-refractivity contribution is 5.96. The van der Waals surface area contributed by atoms with Crippen LogP contribution in [0.3, 0.4) is 0 Å². The van der Waals surface area contributed by atoms with Crippen molar-refractivity contribution in [2.24, 2.45) is 0 Å². The average molecular weight is 261 g/mol. The molecule has 1 heterocycles. The molecule has 1 fully saturated rings. The number of hydrogen-bond acceptors (Lipinski definition) is 3. The van der Waals surface area contributed by atoms with E-state index in [4.69, 9.17) is 5.73 Å². The van der Waals surface area contributed by atoms with Crippen molar-refractivity contribution < 1.29 is 4.79 Å². The summed E-state index contributed by atoms with van der Waals surface area (Å²) in [6.07, 6.45) is 2.08. The third-order valence-electron chi connectivity index (χ3n) is 3.97. The molecule has 0 radical (unpaired) electrons. The third-order valence-corrected chi connectivity index (χ3v) is 3.97. The molecular formula is C15H23N3O. The fourth-order valence-electron chi connectivity index (χ4n) is 2.63. The zero-order chi connectivity index (χ0) is 14.0. The molecule has 1 amide bonds. The minimum atomic E-state index is 0.113. The molecule has 2 rings (SSSR count). The normalized spacial score (nSPS) is 16.9. The minimum Gasteiger partial charge on any atom is -0.399 e. The number of carbonyl (C=O) groups excluding carboxylic acids is 1. The number of benzene rings is 1. The van der Waals surface area contributed by atoms with Crippen LogP contribution in [0, 0.1) is 6.92 Å². The van der Waals surface area contributed by atoms with Crippen molar-refractivity contribution >= 4 is 11.6 Å². The highest BCUT2D eigenvalue weighted by Gasteiger charge is 2.25. The number of amides is 1. The van der Waals surface area contributed by atoms with Crippen LogP contribution in [0.5, 0.6) is 0 Å². The molecule has 1 saturated heterocycles. The van der Waals surface area contributed by atoms with E-state index in [-0.39, 0.29) is 5.91 Å². The van der Waals surface area contributed by atoms with Crippen LogP contribution in [0.1, 0.15) is 28.8 Å². The molecule has 4 nitrogen and oxygen atoms in total. The Morgan fingerprint density at radius 1 is 1.32 bits per heavy atom. The number of nitrogens with zero attached hydrogens (tertiary/aromatic N) is 2. The number of nitrogen functional groups attached to an aromatic ring is 1. The Morgan fingerprint density at radius 2 is 1.95 bits per heavy atom. The summed E-state index contributed by atoms with van der Waals surface area (Å²) < 4.78 is 0. The summed E-state index contributed by atoms with van der Waals surface area (Å²) in [6.45, 7) is 3.62. The van der Waals surface area contributed by atoms with Gasteiger partial charge in [-0.2, -0.15) is 0 Å². The van der Waals surface area contributed by atoms with Gasteiger partial charge in [-0.3, -0.25) is 4.79 Å². The molecule has 1 aromatic rings. The number of hydrogen-bond donors (Lipinski definition) is 1. The monoisotopic (exact) mass is 261 g/mol. The smallest absolute Gasteiger partial charge is 0.254 e. The van der Waals surface area contributed by atoms with Crippen molar-refractivity contribution in [3.05, 3.63) is 29.3 Å². The first-order chi connectivity index (χ1) is 8.99. The van der Waals surface area contributed by atoms with Crippen molar-refractivity contribution in [2.45, 2.75) is 25.8 Å². The quantitative estimate of drug-likeness (QED) is 0.825. The maximum atomic E-state index is 12.5. The maximum absolute atomic E-state index is 12.5. The number of rotatable bonds is 2. The lowest BCUT2D eigenvalue weighted by molar-refractivity contribution is 0.0662. The Bertz CT molecular complexity index is 462. The van der Waals surface area contributed by atoms with Gasteiger partial charge in [0, 0.05) is 30.4 Å². The molecule has 0 bridgehead atoms. The van der Waals surface area contributed by atoms with Gasteiger partial charge >= 0.3 is 0 Å². The van der Waals surface area contributed by atoms with E-state index in [0.717, 1.165) is 37.1 Å². The fraction of sp³-hybridized carbons (Fsp3) is 0.533. The van der Waals surface area contributed by atoms with Gasteiger partial charge in [-0.1, -0.05) is 6.07 Å². The largest absolute Gasteiger partial charge is 0.399 e. The second-order valence-electron chi connectivity index (χ2n) is 5.56. The zero-order valence-electron chi connectivity index (χ0n) is 12.0. The molecule has 4 heteroatoms. The molecule has 0 aromatic heterocycles. The first kappa shape index (κ1) is 13.9. The Morgan fingerprint density at radius 3 is 2.53 bits per heavy atom. The van der Waals surface area contributed by atoms with E-state index in [9.17, 15) is 4.79 Å². The van der Waals surface area contributed by atoms with Crippen molar-refractivity contribution in [1.29, 1.82) is 0 Å². The first-order valence-corrected chi connectivity index (χ1v) is 6.81. The van der Waals surface area contributed by atoms with Crippen LogP contribution < -0.4 is 5.73 Å². The number of aryl methyl sites for hydroxylation is 1. The van der Waals surface area contributed by atoms with Crippen LogP contribution in [-0.2, 0) is 0 Å². The van der Waals surface area contributed by atoms with E-state index in [2.05, 4.69) is 19.0 Å². The number of piperidine rings is 1. The summed E-state index contributed by atoms with van der Waals surface area (Å²) in [5, 5.41) is 0. The topological polar surface area (TPSA) is 49.6 Å². The van der Waals surface area contributed by atoms with Gasteiger partial charge in [0.15, 0.2) is 0 Å². The lowest BCUT2D eigenvalue weighted by atomic mass is 10.0. The van der Waals surface area contributed by atoms with E-state index >= 15 is 0 Å². The van der Waals surface area contributed by atoms with Crippen LogP contribution in [-0.4, -0.2) is 48.9 Å². The number of carbonyl (C=O) groups is 1. The Balaban J connectivity index is 2.07. The summed E-state index contributed by atoms with van der Waals surface area (Å²) in [6, 6.07) is 6.13. The number of nitrogens with two attached hydrogens (primary N) is 1. The molecule has 0 spiro atoms. The molecule has 0 aliphatic carbocycles. The predicted octanol–water partition coefficient (Wildman–Crippen LogP) is 1.74. The van der Waals surface area contributed by atoms with Crippen molar-refractivity contribution in [2.75, 3.05) is 32.9 Å². The lowest BCUT2D eigenvalue weighted by Crippen LogP contribution is -2.44. The number of anilines is 1. The molecule has 2 N–H and O–H groups in total. The SMILES string of the molecule is Cc1ccc(N)cc1C(=O)N1CCC(N(C)C)CC1. The zero-order valence-corrected chi connectivity index (χ0v) is 12.0. The van der Waals surface area contributed by atoms with Gasteiger partial charge in [-0.15, -0.1) is 0 Å². The van der Waals surface area contributed by atoms with E-state index in [0.29, 0.717) is 11.7 Å². The van der Waals surface area contributed by atoms with Gasteiger partial charge in [-0.05, 0) is 51.6 Å². The molecule has 1 aliphatic rings. The van der Waals surface area contributed by atoms with Gasteiger partial charge in [0.2, 0.25) is 0 Å². The highest BCUT2D eigenvalue weighted by Crippen LogP contribution is 2.19. The fourth-order valence-corrected chi connectivity index (χ4v) is 2.63. The van der Waals surface area contributed by atoms with E-state index in [1.807, 2.05) is 24.0 Å². The van der Waals surface area contributed by atoms with Gasteiger partial charge in [0.05, 0.1) is 0 Å². The molecular weight excluding hydrogens is 238 g/mol. The van der Waals surface area contributed by atoms with Crippen LogP contribution in [0.2, 0.25) is 0 Å². The summed E-state index contributed by atoms with van der Waals surface area (Å²) in [4.78, 5) is 16.7. The number of likely N-dealkylation sites (tertiary alicyclic amines) is 1. The lowest BCUT2D eigenvalue weighted by Gasteiger charge is -2.35. The van der Waals surface area contributed by atoms with Crippen molar-refractivity contribution in [3.63, 3.8) is 0 Å². The minimum absolute atomic E-state index is 0.113. The summed E-state index contributed by atoms with van der Waals surface area (Å²) in [7, 11) is 4.20. The van der Waals surface area contributed by atoms with Crippen molar-refractivity contribution in [1.82, 2.24) is 9.80 Å². The third kappa shape index (κ3) is 3.07. The molecule has 1 aliphatic heterocycles. The molecule has 1 aromatic carbocycles. The van der Waals surface area contributed by atoms with Gasteiger partial charge in [0.1, 0.15) is 0 Å². The average Bonchev–Trinajstić information content (AvgIpc) is 2.41. The maximum Gasteiger partial charge on any atom is 0.254 e. The van der Waals surface area contributed by atoms with E-state index < -0.39 is 0 Å². The second-order valence-corrected chi connectivity index (χ2v) is 5.56. The van der Waals surface area contributed by atoms with Gasteiger partial charge in [-0.25, -0.2) is 0 Å². The molecule has 19 heavy (non-hydrogen) atoms. The molecule has 0 atom stereocenters. The Hall–Kier alpha value is -1.55. The van der Waals surface area contributed by atoms with Gasteiger partial charge in [0.25, 0.3) is 5.91 Å². The van der Waals surface area contributed by atoms with Crippen LogP contribution in [0.15, 0.2) is 18.2 Å². The molecule has 0 saturated carbocycles. The Labute approximate surface area is 115 Å². The van der Waals surface area contributed by atoms with Gasteiger partial charge < -0.3 is 15.5 Å². The van der Waals surface area contributed by atoms with Crippen LogP contribution in [0.25, 0.3) is 0 Å². The summed E-state index contributed by atoms with van der Waals surface area (Å²) in [5.41, 5.74) is 8.16. The van der Waals surface area contributed by atoms with Crippen molar-refractivity contribution in [3.8, 4) is 0 Å². The van der Waals surface area contributed by atoms with Crippen LogP contribution in [0.4, 0.5) is 5.69 Å². The Kier molecular flexibility index (Phi) is 4.10. The summed E-state index contributed by atoms with van der Waals surface area (Å²) in [5.74, 6) is 0.113. The van der Waals surface area contributed by atoms with Crippen LogP contribution >= 0.6 is 0 Å². The van der Waals surface area contributed by atoms with E-state index in [1.54, 1.807) is 6.07 Å². The highest BCUT2D eigenvalue weighted by atomic mass is 16.2. The molecule has 104 valence electrons. The standard InChI is InChI=1S/C15H23N3O/c1-11-4-5-12(16)10-14(11)15(19)18-8-6-13(7-9-18)17(2)3/h4-5,10,13H,6-9,16H2,1-3H3. The first-order valence-electron chi connectivity index (χ1n) is 6.81.